The Morgan fingerprint density at radius 3 is 1.25 bits per heavy atom. The normalized spacial score (nSPS) is 20.8. The average Bonchev–Trinajstić information content (AvgIpc) is 2.53. The fourth-order valence-electron chi connectivity index (χ4n) is 2.91. The second-order valence-corrected chi connectivity index (χ2v) is 5.96. The average molecular weight is 278 g/mol. The van der Waals surface area contributed by atoms with Crippen LogP contribution in [-0.2, 0) is 0 Å². The topological polar surface area (TPSA) is 6.48 Å². The molecule has 0 aromatic carbocycles. The SMILES string of the molecule is C=CCCN1CCCCC1.C=CCCN1CCCCC1. The van der Waals surface area contributed by atoms with E-state index in [0.29, 0.717) is 0 Å². The Labute approximate surface area is 126 Å². The summed E-state index contributed by atoms with van der Waals surface area (Å²) in [6.07, 6.45) is 14.8. The zero-order valence-corrected chi connectivity index (χ0v) is 13.4. The predicted octanol–water partition coefficient (Wildman–Crippen LogP) is 4.10. The third kappa shape index (κ3) is 8.55. The molecule has 2 nitrogen and oxygen atoms in total. The smallest absolute Gasteiger partial charge is 0.00158 e. The summed E-state index contributed by atoms with van der Waals surface area (Å²) in [6, 6.07) is 0. The maximum absolute atomic E-state index is 3.72. The van der Waals surface area contributed by atoms with E-state index in [1.54, 1.807) is 0 Å². The molecule has 2 saturated heterocycles. The van der Waals surface area contributed by atoms with Crippen molar-refractivity contribution in [2.24, 2.45) is 0 Å². The molecule has 0 spiro atoms. The van der Waals surface area contributed by atoms with Crippen LogP contribution in [0.15, 0.2) is 25.3 Å². The van der Waals surface area contributed by atoms with Gasteiger partial charge in [-0.25, -0.2) is 0 Å². The van der Waals surface area contributed by atoms with E-state index < -0.39 is 0 Å². The summed E-state index contributed by atoms with van der Waals surface area (Å²) in [5, 5.41) is 0. The summed E-state index contributed by atoms with van der Waals surface area (Å²) < 4.78 is 0. The van der Waals surface area contributed by atoms with Gasteiger partial charge in [0.15, 0.2) is 0 Å². The van der Waals surface area contributed by atoms with Crippen molar-refractivity contribution in [3.63, 3.8) is 0 Å². The standard InChI is InChI=1S/2C9H17N/c2*1-2-3-7-10-8-5-4-6-9-10/h2*2H,1,3-9H2. The quantitative estimate of drug-likeness (QED) is 0.675. The fraction of sp³-hybridized carbons (Fsp3) is 0.778. The summed E-state index contributed by atoms with van der Waals surface area (Å²) in [5.74, 6) is 0. The first kappa shape index (κ1) is 17.5. The molecular formula is C18H34N2. The van der Waals surface area contributed by atoms with Crippen molar-refractivity contribution in [2.75, 3.05) is 39.3 Å². The van der Waals surface area contributed by atoms with Crippen molar-refractivity contribution in [2.45, 2.75) is 51.4 Å². The number of likely N-dealkylation sites (tertiary alicyclic amines) is 2. The summed E-state index contributed by atoms with van der Waals surface area (Å²) >= 11 is 0. The third-order valence-corrected chi connectivity index (χ3v) is 4.20. The summed E-state index contributed by atoms with van der Waals surface area (Å²) in [4.78, 5) is 5.07. The van der Waals surface area contributed by atoms with Crippen molar-refractivity contribution in [3.8, 4) is 0 Å². The van der Waals surface area contributed by atoms with Gasteiger partial charge in [0.05, 0.1) is 0 Å². The molecule has 20 heavy (non-hydrogen) atoms. The molecule has 0 N–H and O–H groups in total. The highest BCUT2D eigenvalue weighted by atomic mass is 15.1. The van der Waals surface area contributed by atoms with E-state index in [2.05, 4.69) is 23.0 Å². The molecule has 2 aliphatic heterocycles. The van der Waals surface area contributed by atoms with E-state index in [9.17, 15) is 0 Å². The Kier molecular flexibility index (Phi) is 10.6. The maximum atomic E-state index is 3.72. The summed E-state index contributed by atoms with van der Waals surface area (Å²) in [5.41, 5.74) is 0. The van der Waals surface area contributed by atoms with Crippen molar-refractivity contribution >= 4 is 0 Å². The Morgan fingerprint density at radius 2 is 0.950 bits per heavy atom. The molecule has 0 radical (unpaired) electrons. The van der Waals surface area contributed by atoms with Gasteiger partial charge in [0.25, 0.3) is 0 Å². The van der Waals surface area contributed by atoms with Crippen LogP contribution in [0.1, 0.15) is 51.4 Å². The van der Waals surface area contributed by atoms with Gasteiger partial charge >= 0.3 is 0 Å². The van der Waals surface area contributed by atoms with Gasteiger partial charge in [-0.15, -0.1) is 13.2 Å². The van der Waals surface area contributed by atoms with E-state index in [0.717, 1.165) is 12.8 Å². The highest BCUT2D eigenvalue weighted by Gasteiger charge is 2.08. The summed E-state index contributed by atoms with van der Waals surface area (Å²) in [7, 11) is 0. The Balaban J connectivity index is 0.000000200. The van der Waals surface area contributed by atoms with Gasteiger partial charge in [0.1, 0.15) is 0 Å². The molecule has 0 aromatic rings. The minimum absolute atomic E-state index is 1.15. The van der Waals surface area contributed by atoms with Crippen LogP contribution >= 0.6 is 0 Å². The molecule has 116 valence electrons. The number of rotatable bonds is 6. The van der Waals surface area contributed by atoms with Crippen LogP contribution in [-0.4, -0.2) is 49.1 Å². The fourth-order valence-corrected chi connectivity index (χ4v) is 2.91. The van der Waals surface area contributed by atoms with Gasteiger partial charge in [-0.2, -0.15) is 0 Å². The highest BCUT2D eigenvalue weighted by molar-refractivity contribution is 4.72. The minimum Gasteiger partial charge on any atom is -0.303 e. The molecule has 0 bridgehead atoms. The lowest BCUT2D eigenvalue weighted by molar-refractivity contribution is 0.233. The van der Waals surface area contributed by atoms with Crippen molar-refractivity contribution in [3.05, 3.63) is 25.3 Å². The molecule has 0 unspecified atom stereocenters. The molecule has 2 rings (SSSR count). The molecule has 0 amide bonds. The number of hydrogen-bond donors (Lipinski definition) is 0. The first-order valence-corrected chi connectivity index (χ1v) is 8.53. The lowest BCUT2D eigenvalue weighted by Gasteiger charge is -2.25. The molecule has 0 aromatic heterocycles. The zero-order chi connectivity index (χ0) is 14.5. The predicted molar refractivity (Wildman–Crippen MR) is 90.2 cm³/mol. The van der Waals surface area contributed by atoms with Crippen LogP contribution in [0.5, 0.6) is 0 Å². The molecule has 2 heteroatoms. The first-order valence-electron chi connectivity index (χ1n) is 8.53. The van der Waals surface area contributed by atoms with Crippen molar-refractivity contribution in [1.29, 1.82) is 0 Å². The second-order valence-electron chi connectivity index (χ2n) is 5.96. The molecule has 2 aliphatic rings. The zero-order valence-electron chi connectivity index (χ0n) is 13.4. The monoisotopic (exact) mass is 278 g/mol. The molecule has 2 fully saturated rings. The van der Waals surface area contributed by atoms with E-state index in [4.69, 9.17) is 0 Å². The van der Waals surface area contributed by atoms with E-state index in [-0.39, 0.29) is 0 Å². The first-order chi connectivity index (χ1) is 9.86. The summed E-state index contributed by atoms with van der Waals surface area (Å²) in [6.45, 7) is 15.1. The minimum atomic E-state index is 1.15. The van der Waals surface area contributed by atoms with Crippen LogP contribution in [0.3, 0.4) is 0 Å². The van der Waals surface area contributed by atoms with Crippen molar-refractivity contribution < 1.29 is 0 Å². The number of nitrogens with zero attached hydrogens (tertiary/aromatic N) is 2. The van der Waals surface area contributed by atoms with Gasteiger partial charge in [-0.3, -0.25) is 0 Å². The maximum Gasteiger partial charge on any atom is 0.00158 e. The van der Waals surface area contributed by atoms with Gasteiger partial charge in [0, 0.05) is 13.1 Å². The van der Waals surface area contributed by atoms with Crippen molar-refractivity contribution in [1.82, 2.24) is 9.80 Å². The Hall–Kier alpha value is -0.600. The second kappa shape index (κ2) is 12.2. The van der Waals surface area contributed by atoms with Gasteiger partial charge < -0.3 is 9.80 Å². The van der Waals surface area contributed by atoms with Gasteiger partial charge in [-0.05, 0) is 64.7 Å². The van der Waals surface area contributed by atoms with Gasteiger partial charge in [0.2, 0.25) is 0 Å². The molecule has 0 saturated carbocycles. The Morgan fingerprint density at radius 1 is 0.600 bits per heavy atom. The lowest BCUT2D eigenvalue weighted by atomic mass is 10.1. The highest BCUT2D eigenvalue weighted by Crippen LogP contribution is 2.09. The van der Waals surface area contributed by atoms with Crippen LogP contribution in [0.25, 0.3) is 0 Å². The van der Waals surface area contributed by atoms with Crippen LogP contribution in [0.2, 0.25) is 0 Å². The third-order valence-electron chi connectivity index (χ3n) is 4.20. The largest absolute Gasteiger partial charge is 0.303 e. The molecular weight excluding hydrogens is 244 g/mol. The molecule has 0 atom stereocenters. The van der Waals surface area contributed by atoms with Crippen LogP contribution in [0.4, 0.5) is 0 Å². The van der Waals surface area contributed by atoms with E-state index in [1.807, 2.05) is 12.2 Å². The van der Waals surface area contributed by atoms with Crippen LogP contribution < -0.4 is 0 Å². The molecule has 2 heterocycles. The molecule has 0 aliphatic carbocycles. The van der Waals surface area contributed by atoms with E-state index in [1.165, 1.54) is 77.8 Å². The van der Waals surface area contributed by atoms with E-state index >= 15 is 0 Å². The number of piperidine rings is 2. The van der Waals surface area contributed by atoms with Crippen LogP contribution in [0, 0.1) is 0 Å². The lowest BCUT2D eigenvalue weighted by Crippen LogP contribution is -2.30. The Bertz CT molecular complexity index is 212. The van der Waals surface area contributed by atoms with Gasteiger partial charge in [-0.1, -0.05) is 25.0 Å². The number of hydrogen-bond acceptors (Lipinski definition) is 2.